The molecule has 0 amide bonds. The topological polar surface area (TPSA) is 35.3 Å². The van der Waals surface area contributed by atoms with E-state index in [0.717, 1.165) is 16.0 Å². The molecule has 0 aliphatic carbocycles. The molecule has 0 unspecified atom stereocenters. The summed E-state index contributed by atoms with van der Waals surface area (Å²) in [6.45, 7) is 2.48. The molecule has 4 heteroatoms. The first kappa shape index (κ1) is 9.40. The van der Waals surface area contributed by atoms with Crippen LogP contribution in [0, 0.1) is 0 Å². The fraction of sp³-hybridized carbons (Fsp3) is 0.300. The third kappa shape index (κ3) is 1.57. The molecule has 0 radical (unpaired) electrons. The van der Waals surface area contributed by atoms with E-state index in [4.69, 9.17) is 9.15 Å². The summed E-state index contributed by atoms with van der Waals surface area (Å²) in [4.78, 5) is 5.29. The van der Waals surface area contributed by atoms with E-state index in [0.29, 0.717) is 12.7 Å². The first-order chi connectivity index (χ1) is 6.85. The molecule has 0 atom stereocenters. The van der Waals surface area contributed by atoms with Crippen LogP contribution in [-0.2, 0) is 0 Å². The maximum Gasteiger partial charge on any atom is 0.394 e. The molecule has 14 heavy (non-hydrogen) atoms. The minimum atomic E-state index is 0.351. The number of benzene rings is 1. The van der Waals surface area contributed by atoms with Gasteiger partial charge in [-0.25, -0.2) is 0 Å². The molecule has 1 aromatic heterocycles. The van der Waals surface area contributed by atoms with E-state index >= 15 is 0 Å². The maximum atomic E-state index is 5.48. The summed E-state index contributed by atoms with van der Waals surface area (Å²) < 4.78 is 10.7. The molecule has 2 rings (SSSR count). The van der Waals surface area contributed by atoms with Crippen LogP contribution in [0.5, 0.6) is 6.08 Å². The molecule has 1 heterocycles. The van der Waals surface area contributed by atoms with Gasteiger partial charge in [-0.15, -0.1) is 11.8 Å². The van der Waals surface area contributed by atoms with Crippen LogP contribution in [0.3, 0.4) is 0 Å². The highest BCUT2D eigenvalue weighted by atomic mass is 32.2. The van der Waals surface area contributed by atoms with E-state index in [-0.39, 0.29) is 0 Å². The molecule has 0 saturated carbocycles. The van der Waals surface area contributed by atoms with Gasteiger partial charge in [0.25, 0.3) is 0 Å². The molecule has 0 aliphatic heterocycles. The van der Waals surface area contributed by atoms with Crippen LogP contribution in [0.2, 0.25) is 0 Å². The third-order valence-corrected chi connectivity index (χ3v) is 2.61. The fourth-order valence-corrected chi connectivity index (χ4v) is 1.80. The summed E-state index contributed by atoms with van der Waals surface area (Å²) in [5.74, 6) is 0. The van der Waals surface area contributed by atoms with Crippen molar-refractivity contribution in [2.24, 2.45) is 0 Å². The third-order valence-electron chi connectivity index (χ3n) is 1.85. The second kappa shape index (κ2) is 3.92. The van der Waals surface area contributed by atoms with Crippen LogP contribution in [-0.4, -0.2) is 17.8 Å². The normalized spacial score (nSPS) is 10.7. The van der Waals surface area contributed by atoms with Gasteiger partial charge in [-0.3, -0.25) is 0 Å². The SMILES string of the molecule is CCOc1nc2cccc(SC)c2o1. The number of ether oxygens (including phenoxy) is 1. The number of rotatable bonds is 3. The average Bonchev–Trinajstić information content (AvgIpc) is 2.60. The zero-order valence-electron chi connectivity index (χ0n) is 8.11. The van der Waals surface area contributed by atoms with Crippen molar-refractivity contribution in [3.05, 3.63) is 18.2 Å². The van der Waals surface area contributed by atoms with Gasteiger partial charge in [0, 0.05) is 0 Å². The first-order valence-corrected chi connectivity index (χ1v) is 5.64. The van der Waals surface area contributed by atoms with Gasteiger partial charge in [0.2, 0.25) is 0 Å². The largest absolute Gasteiger partial charge is 0.450 e. The number of fused-ring (bicyclic) bond motifs is 1. The summed E-state index contributed by atoms with van der Waals surface area (Å²) in [5.41, 5.74) is 1.66. The first-order valence-electron chi connectivity index (χ1n) is 4.41. The quantitative estimate of drug-likeness (QED) is 0.728. The van der Waals surface area contributed by atoms with Crippen molar-refractivity contribution in [3.63, 3.8) is 0 Å². The van der Waals surface area contributed by atoms with Crippen molar-refractivity contribution in [1.29, 1.82) is 0 Å². The Morgan fingerprint density at radius 2 is 2.36 bits per heavy atom. The Morgan fingerprint density at radius 1 is 1.50 bits per heavy atom. The Balaban J connectivity index is 2.52. The van der Waals surface area contributed by atoms with Gasteiger partial charge in [-0.2, -0.15) is 4.98 Å². The summed E-state index contributed by atoms with van der Waals surface area (Å²) in [7, 11) is 0. The Labute approximate surface area is 86.5 Å². The summed E-state index contributed by atoms with van der Waals surface area (Å²) in [6, 6.07) is 5.89. The Kier molecular flexibility index (Phi) is 2.63. The Hall–Kier alpha value is -1.16. The Morgan fingerprint density at radius 3 is 3.07 bits per heavy atom. The van der Waals surface area contributed by atoms with Crippen molar-refractivity contribution in [2.75, 3.05) is 12.9 Å². The van der Waals surface area contributed by atoms with E-state index in [9.17, 15) is 0 Å². The zero-order chi connectivity index (χ0) is 9.97. The predicted octanol–water partition coefficient (Wildman–Crippen LogP) is 2.95. The van der Waals surface area contributed by atoms with Crippen molar-refractivity contribution < 1.29 is 9.15 Å². The second-order valence-corrected chi connectivity index (χ2v) is 3.57. The molecule has 0 fully saturated rings. The molecular weight excluding hydrogens is 198 g/mol. The highest BCUT2D eigenvalue weighted by Gasteiger charge is 2.09. The second-order valence-electron chi connectivity index (χ2n) is 2.72. The minimum absolute atomic E-state index is 0.351. The van der Waals surface area contributed by atoms with Gasteiger partial charge in [0.05, 0.1) is 11.5 Å². The van der Waals surface area contributed by atoms with Crippen molar-refractivity contribution in [1.82, 2.24) is 4.98 Å². The monoisotopic (exact) mass is 209 g/mol. The number of hydrogen-bond donors (Lipinski definition) is 0. The number of oxazole rings is 1. The zero-order valence-corrected chi connectivity index (χ0v) is 8.93. The van der Waals surface area contributed by atoms with Crippen LogP contribution < -0.4 is 4.74 Å². The lowest BCUT2D eigenvalue weighted by Crippen LogP contribution is -1.89. The van der Waals surface area contributed by atoms with Crippen molar-refractivity contribution in [3.8, 4) is 6.08 Å². The predicted molar refractivity (Wildman–Crippen MR) is 57.0 cm³/mol. The molecule has 2 aromatic rings. The molecule has 3 nitrogen and oxygen atoms in total. The minimum Gasteiger partial charge on any atom is -0.450 e. The van der Waals surface area contributed by atoms with Crippen LogP contribution in [0.4, 0.5) is 0 Å². The van der Waals surface area contributed by atoms with Crippen LogP contribution in [0.1, 0.15) is 6.92 Å². The molecule has 0 spiro atoms. The van der Waals surface area contributed by atoms with Gasteiger partial charge < -0.3 is 9.15 Å². The summed E-state index contributed by atoms with van der Waals surface area (Å²) >= 11 is 1.64. The van der Waals surface area contributed by atoms with Gasteiger partial charge in [-0.1, -0.05) is 6.07 Å². The van der Waals surface area contributed by atoms with Gasteiger partial charge in [0.1, 0.15) is 5.52 Å². The summed E-state index contributed by atoms with van der Waals surface area (Å²) in [6.07, 6.45) is 2.36. The van der Waals surface area contributed by atoms with Crippen LogP contribution in [0.15, 0.2) is 27.5 Å². The summed E-state index contributed by atoms with van der Waals surface area (Å²) in [5, 5.41) is 0. The number of hydrogen-bond acceptors (Lipinski definition) is 4. The van der Waals surface area contributed by atoms with E-state index in [1.54, 1.807) is 11.8 Å². The molecular formula is C10H11NO2S. The molecule has 0 saturated heterocycles. The standard InChI is InChI=1S/C10H11NO2S/c1-3-12-10-11-7-5-4-6-8(14-2)9(7)13-10/h4-6H,3H2,1-2H3. The van der Waals surface area contributed by atoms with E-state index in [1.165, 1.54) is 0 Å². The molecule has 74 valence electrons. The van der Waals surface area contributed by atoms with Crippen molar-refractivity contribution in [2.45, 2.75) is 11.8 Å². The van der Waals surface area contributed by atoms with Gasteiger partial charge >= 0.3 is 6.08 Å². The number of thioether (sulfide) groups is 1. The lowest BCUT2D eigenvalue weighted by atomic mass is 10.3. The molecule has 0 aliphatic rings. The number of aromatic nitrogens is 1. The highest BCUT2D eigenvalue weighted by Crippen LogP contribution is 2.29. The van der Waals surface area contributed by atoms with Gasteiger partial charge in [0.15, 0.2) is 5.58 Å². The van der Waals surface area contributed by atoms with Gasteiger partial charge in [-0.05, 0) is 25.3 Å². The maximum absolute atomic E-state index is 5.48. The van der Waals surface area contributed by atoms with E-state index < -0.39 is 0 Å². The lowest BCUT2D eigenvalue weighted by molar-refractivity contribution is 0.251. The average molecular weight is 209 g/mol. The highest BCUT2D eigenvalue weighted by molar-refractivity contribution is 7.98. The fourth-order valence-electron chi connectivity index (χ4n) is 1.25. The van der Waals surface area contributed by atoms with E-state index in [1.807, 2.05) is 31.4 Å². The number of para-hydroxylation sites is 1. The van der Waals surface area contributed by atoms with Crippen LogP contribution in [0.25, 0.3) is 11.1 Å². The molecule has 0 bridgehead atoms. The molecule has 0 N–H and O–H groups in total. The molecule has 1 aromatic carbocycles. The number of nitrogens with zero attached hydrogens (tertiary/aromatic N) is 1. The smallest absolute Gasteiger partial charge is 0.394 e. The lowest BCUT2D eigenvalue weighted by Gasteiger charge is -1.94. The van der Waals surface area contributed by atoms with E-state index in [2.05, 4.69) is 4.98 Å². The Bertz CT molecular complexity index is 439. The van der Waals surface area contributed by atoms with Crippen LogP contribution >= 0.6 is 11.8 Å². The van der Waals surface area contributed by atoms with Crippen molar-refractivity contribution >= 4 is 22.9 Å².